The Balaban J connectivity index is 2.62. The standard InChI is InChI=1S/C13H21N3/c1-6-7-8-16-11(2)12(10-15-16)9-14-13(3,4)5/h1,10,14H,7-9H2,2-5H3. The topological polar surface area (TPSA) is 29.9 Å². The van der Waals surface area contributed by atoms with E-state index in [0.29, 0.717) is 0 Å². The van der Waals surface area contributed by atoms with Crippen molar-refractivity contribution in [1.82, 2.24) is 15.1 Å². The molecule has 0 saturated heterocycles. The highest BCUT2D eigenvalue weighted by Gasteiger charge is 2.11. The first-order chi connectivity index (χ1) is 7.44. The Hall–Kier alpha value is -1.27. The predicted molar refractivity (Wildman–Crippen MR) is 67.0 cm³/mol. The molecule has 0 aliphatic carbocycles. The SMILES string of the molecule is C#CCCn1ncc(CNC(C)(C)C)c1C. The summed E-state index contributed by atoms with van der Waals surface area (Å²) in [7, 11) is 0. The second-order valence-corrected chi connectivity index (χ2v) is 5.04. The van der Waals surface area contributed by atoms with Gasteiger partial charge in [0.2, 0.25) is 0 Å². The number of aromatic nitrogens is 2. The van der Waals surface area contributed by atoms with Crippen LogP contribution >= 0.6 is 0 Å². The Bertz CT molecular complexity index is 377. The number of hydrogen-bond acceptors (Lipinski definition) is 2. The van der Waals surface area contributed by atoms with Crippen molar-refractivity contribution < 1.29 is 0 Å². The summed E-state index contributed by atoms with van der Waals surface area (Å²) in [5, 5.41) is 7.79. The van der Waals surface area contributed by atoms with Crippen LogP contribution in [0.4, 0.5) is 0 Å². The minimum Gasteiger partial charge on any atom is -0.308 e. The van der Waals surface area contributed by atoms with Gasteiger partial charge in [-0.1, -0.05) is 0 Å². The van der Waals surface area contributed by atoms with E-state index in [1.165, 1.54) is 11.3 Å². The van der Waals surface area contributed by atoms with Crippen molar-refractivity contribution in [2.75, 3.05) is 0 Å². The molecule has 88 valence electrons. The molecule has 0 radical (unpaired) electrons. The zero-order chi connectivity index (χ0) is 12.2. The van der Waals surface area contributed by atoms with Crippen LogP contribution in [-0.4, -0.2) is 15.3 Å². The van der Waals surface area contributed by atoms with Crippen molar-refractivity contribution in [2.45, 2.75) is 52.7 Å². The first kappa shape index (κ1) is 12.8. The molecule has 1 aromatic heterocycles. The summed E-state index contributed by atoms with van der Waals surface area (Å²) in [6.07, 6.45) is 7.90. The molecule has 0 amide bonds. The van der Waals surface area contributed by atoms with Gasteiger partial charge in [0.05, 0.1) is 12.7 Å². The fraction of sp³-hybridized carbons (Fsp3) is 0.615. The van der Waals surface area contributed by atoms with Gasteiger partial charge < -0.3 is 5.32 Å². The van der Waals surface area contributed by atoms with Gasteiger partial charge in [0.25, 0.3) is 0 Å². The lowest BCUT2D eigenvalue weighted by Gasteiger charge is -2.20. The highest BCUT2D eigenvalue weighted by atomic mass is 15.3. The molecule has 3 heteroatoms. The maximum absolute atomic E-state index is 5.25. The van der Waals surface area contributed by atoms with Gasteiger partial charge in [-0.25, -0.2) is 0 Å². The van der Waals surface area contributed by atoms with Crippen LogP contribution in [0.2, 0.25) is 0 Å². The zero-order valence-electron chi connectivity index (χ0n) is 10.7. The van der Waals surface area contributed by atoms with Crippen LogP contribution < -0.4 is 5.32 Å². The summed E-state index contributed by atoms with van der Waals surface area (Å²) in [6, 6.07) is 0. The molecule has 0 unspecified atom stereocenters. The molecule has 0 atom stereocenters. The van der Waals surface area contributed by atoms with Crippen LogP contribution in [-0.2, 0) is 13.1 Å². The summed E-state index contributed by atoms with van der Waals surface area (Å²) in [6.45, 7) is 10.2. The van der Waals surface area contributed by atoms with Crippen molar-refractivity contribution in [1.29, 1.82) is 0 Å². The van der Waals surface area contributed by atoms with Crippen molar-refractivity contribution in [3.63, 3.8) is 0 Å². The van der Waals surface area contributed by atoms with Crippen LogP contribution in [0, 0.1) is 19.3 Å². The number of terminal acetylenes is 1. The number of nitrogens with one attached hydrogen (secondary N) is 1. The number of rotatable bonds is 4. The summed E-state index contributed by atoms with van der Waals surface area (Å²) in [4.78, 5) is 0. The largest absolute Gasteiger partial charge is 0.308 e. The second-order valence-electron chi connectivity index (χ2n) is 5.04. The van der Waals surface area contributed by atoms with E-state index in [9.17, 15) is 0 Å². The molecule has 1 N–H and O–H groups in total. The van der Waals surface area contributed by atoms with E-state index in [-0.39, 0.29) is 5.54 Å². The molecular formula is C13H21N3. The summed E-state index contributed by atoms with van der Waals surface area (Å²) >= 11 is 0. The van der Waals surface area contributed by atoms with Gasteiger partial charge in [-0.3, -0.25) is 4.68 Å². The molecule has 1 aromatic rings. The Morgan fingerprint density at radius 1 is 1.50 bits per heavy atom. The first-order valence-corrected chi connectivity index (χ1v) is 5.64. The predicted octanol–water partition coefficient (Wildman–Crippen LogP) is 2.10. The zero-order valence-corrected chi connectivity index (χ0v) is 10.7. The Labute approximate surface area is 98.2 Å². The maximum atomic E-state index is 5.25. The fourth-order valence-corrected chi connectivity index (χ4v) is 1.42. The quantitative estimate of drug-likeness (QED) is 0.786. The summed E-state index contributed by atoms with van der Waals surface area (Å²) < 4.78 is 1.97. The van der Waals surface area contributed by atoms with E-state index < -0.39 is 0 Å². The third kappa shape index (κ3) is 3.71. The van der Waals surface area contributed by atoms with Gasteiger partial charge in [-0.05, 0) is 27.7 Å². The average molecular weight is 219 g/mol. The monoisotopic (exact) mass is 219 g/mol. The van der Waals surface area contributed by atoms with Crippen LogP contribution in [0.25, 0.3) is 0 Å². The Morgan fingerprint density at radius 2 is 2.19 bits per heavy atom. The lowest BCUT2D eigenvalue weighted by atomic mass is 10.1. The molecule has 1 rings (SSSR count). The van der Waals surface area contributed by atoms with Crippen molar-refractivity contribution in [3.05, 3.63) is 17.5 Å². The molecule has 0 spiro atoms. The third-order valence-electron chi connectivity index (χ3n) is 2.48. The molecule has 0 bridgehead atoms. The number of nitrogens with zero attached hydrogens (tertiary/aromatic N) is 2. The van der Waals surface area contributed by atoms with Crippen LogP contribution in [0.3, 0.4) is 0 Å². The molecule has 0 saturated carbocycles. The van der Waals surface area contributed by atoms with Crippen LogP contribution in [0.1, 0.15) is 38.4 Å². The fourth-order valence-electron chi connectivity index (χ4n) is 1.42. The molecule has 0 aliphatic rings. The summed E-state index contributed by atoms with van der Waals surface area (Å²) in [5.74, 6) is 2.63. The first-order valence-electron chi connectivity index (χ1n) is 5.64. The van der Waals surface area contributed by atoms with Crippen LogP contribution in [0.5, 0.6) is 0 Å². The molecule has 16 heavy (non-hydrogen) atoms. The molecule has 0 fully saturated rings. The minimum absolute atomic E-state index is 0.132. The van der Waals surface area contributed by atoms with E-state index in [0.717, 1.165) is 19.5 Å². The van der Waals surface area contributed by atoms with E-state index >= 15 is 0 Å². The van der Waals surface area contributed by atoms with Gasteiger partial charge in [0, 0.05) is 29.8 Å². The lowest BCUT2D eigenvalue weighted by molar-refractivity contribution is 0.423. The molecule has 3 nitrogen and oxygen atoms in total. The van der Waals surface area contributed by atoms with Gasteiger partial charge in [0.15, 0.2) is 0 Å². The number of hydrogen-bond donors (Lipinski definition) is 1. The highest BCUT2D eigenvalue weighted by Crippen LogP contribution is 2.09. The highest BCUT2D eigenvalue weighted by molar-refractivity contribution is 5.16. The molecular weight excluding hydrogens is 198 g/mol. The van der Waals surface area contributed by atoms with Gasteiger partial charge in [0.1, 0.15) is 0 Å². The van der Waals surface area contributed by atoms with E-state index in [4.69, 9.17) is 6.42 Å². The van der Waals surface area contributed by atoms with Crippen molar-refractivity contribution in [3.8, 4) is 12.3 Å². The van der Waals surface area contributed by atoms with Crippen LogP contribution in [0.15, 0.2) is 6.20 Å². The average Bonchev–Trinajstić information content (AvgIpc) is 2.53. The van der Waals surface area contributed by atoms with E-state index in [1.54, 1.807) is 0 Å². The maximum Gasteiger partial charge on any atom is 0.0537 e. The van der Waals surface area contributed by atoms with E-state index in [2.05, 4.69) is 44.0 Å². The van der Waals surface area contributed by atoms with E-state index in [1.807, 2.05) is 10.9 Å². The van der Waals surface area contributed by atoms with Gasteiger partial charge in [-0.2, -0.15) is 5.10 Å². The van der Waals surface area contributed by atoms with Gasteiger partial charge >= 0.3 is 0 Å². The third-order valence-corrected chi connectivity index (χ3v) is 2.48. The lowest BCUT2D eigenvalue weighted by Crippen LogP contribution is -2.35. The van der Waals surface area contributed by atoms with Gasteiger partial charge in [-0.15, -0.1) is 12.3 Å². The Kier molecular flexibility index (Phi) is 4.14. The minimum atomic E-state index is 0.132. The van der Waals surface area contributed by atoms with Crippen molar-refractivity contribution >= 4 is 0 Å². The molecule has 0 aromatic carbocycles. The second kappa shape index (κ2) is 5.18. The molecule has 0 aliphatic heterocycles. The normalized spacial score (nSPS) is 11.4. The summed E-state index contributed by atoms with van der Waals surface area (Å²) in [5.41, 5.74) is 2.58. The molecule has 1 heterocycles. The van der Waals surface area contributed by atoms with Crippen molar-refractivity contribution in [2.24, 2.45) is 0 Å². The Morgan fingerprint density at radius 3 is 2.75 bits per heavy atom. The smallest absolute Gasteiger partial charge is 0.0537 e. The number of aryl methyl sites for hydroxylation is 1.